The molecule has 9 heteroatoms. The second-order valence-electron chi connectivity index (χ2n) is 7.30. The van der Waals surface area contributed by atoms with Crippen molar-refractivity contribution in [1.29, 1.82) is 0 Å². The van der Waals surface area contributed by atoms with E-state index in [1.807, 2.05) is 0 Å². The summed E-state index contributed by atoms with van der Waals surface area (Å²) < 4.78 is 7.52. The van der Waals surface area contributed by atoms with Crippen molar-refractivity contribution in [3.63, 3.8) is 0 Å². The van der Waals surface area contributed by atoms with Gasteiger partial charge in [-0.25, -0.2) is 0 Å². The van der Waals surface area contributed by atoms with E-state index in [1.54, 1.807) is 32.4 Å². The number of halogens is 1. The summed E-state index contributed by atoms with van der Waals surface area (Å²) in [7, 11) is 1.73. The minimum atomic E-state index is -1.11. The topological polar surface area (TPSA) is 100 Å². The maximum atomic E-state index is 10.6. The van der Waals surface area contributed by atoms with E-state index in [2.05, 4.69) is 44.2 Å². The molecule has 0 aromatic carbocycles. The van der Waals surface area contributed by atoms with Crippen molar-refractivity contribution in [1.82, 2.24) is 25.4 Å². The van der Waals surface area contributed by atoms with Gasteiger partial charge in [-0.05, 0) is 25.5 Å². The van der Waals surface area contributed by atoms with Crippen molar-refractivity contribution in [3.05, 3.63) is 35.8 Å². The fraction of sp³-hybridized carbons (Fsp3) is 0.611. The Bertz CT molecular complexity index is 754. The van der Waals surface area contributed by atoms with E-state index in [0.717, 1.165) is 31.0 Å². The molecule has 3 heterocycles. The van der Waals surface area contributed by atoms with Crippen LogP contribution in [0.25, 0.3) is 0 Å². The largest absolute Gasteiger partial charge is 0.466 e. The first-order valence-electron chi connectivity index (χ1n) is 9.06. The van der Waals surface area contributed by atoms with E-state index in [4.69, 9.17) is 4.42 Å². The highest BCUT2D eigenvalue weighted by molar-refractivity contribution is 14.0. The van der Waals surface area contributed by atoms with Gasteiger partial charge in [-0.15, -0.1) is 34.2 Å². The Balaban J connectivity index is 0.00000261. The average Bonchev–Trinajstić information content (AvgIpc) is 3.28. The van der Waals surface area contributed by atoms with Crippen LogP contribution < -0.4 is 10.6 Å². The van der Waals surface area contributed by atoms with Gasteiger partial charge in [-0.3, -0.25) is 4.99 Å². The molecule has 0 saturated carbocycles. The Hall–Kier alpha value is -1.62. The molecule has 8 nitrogen and oxygen atoms in total. The highest BCUT2D eigenvalue weighted by Gasteiger charge is 2.28. The Morgan fingerprint density at radius 1 is 1.48 bits per heavy atom. The highest BCUT2D eigenvalue weighted by Crippen LogP contribution is 2.21. The van der Waals surface area contributed by atoms with Crippen LogP contribution in [0.3, 0.4) is 0 Å². The van der Waals surface area contributed by atoms with Crippen molar-refractivity contribution < 1.29 is 9.52 Å². The molecular weight excluding hydrogens is 459 g/mol. The zero-order chi connectivity index (χ0) is 18.7. The zero-order valence-electron chi connectivity index (χ0n) is 16.3. The van der Waals surface area contributed by atoms with Crippen molar-refractivity contribution in [2.24, 2.45) is 4.99 Å². The van der Waals surface area contributed by atoms with Gasteiger partial charge in [-0.1, -0.05) is 13.8 Å². The zero-order valence-corrected chi connectivity index (χ0v) is 18.6. The third kappa shape index (κ3) is 5.01. The highest BCUT2D eigenvalue weighted by atomic mass is 127. The number of fused-ring (bicyclic) bond motifs is 1. The molecule has 27 heavy (non-hydrogen) atoms. The van der Waals surface area contributed by atoms with Crippen molar-refractivity contribution >= 4 is 29.9 Å². The Morgan fingerprint density at radius 2 is 2.26 bits per heavy atom. The molecule has 3 rings (SSSR count). The number of aliphatic hydroxyl groups is 1. The van der Waals surface area contributed by atoms with Crippen LogP contribution in [-0.2, 0) is 18.6 Å². The standard InChI is InChI=1S/C18H28N6O2.HI/c1-12(2)16-23-22-15-8-7-13(10-24(15)16)21-17(19-4)20-11-18(3,25)14-6-5-9-26-14;/h5-6,9,12-13,25H,7-8,10-11H2,1-4H3,(H2,19,20,21);1H. The van der Waals surface area contributed by atoms with Gasteiger partial charge in [0, 0.05) is 32.0 Å². The Labute approximate surface area is 176 Å². The number of guanidine groups is 1. The van der Waals surface area contributed by atoms with E-state index in [9.17, 15) is 5.11 Å². The van der Waals surface area contributed by atoms with Crippen LogP contribution in [0.15, 0.2) is 27.8 Å². The van der Waals surface area contributed by atoms with E-state index in [1.165, 1.54) is 0 Å². The van der Waals surface area contributed by atoms with Crippen LogP contribution in [0.4, 0.5) is 0 Å². The predicted molar refractivity (Wildman–Crippen MR) is 114 cm³/mol. The molecule has 0 bridgehead atoms. The lowest BCUT2D eigenvalue weighted by atomic mass is 10.0. The van der Waals surface area contributed by atoms with Crippen LogP contribution in [0.1, 0.15) is 50.5 Å². The molecule has 0 amide bonds. The molecule has 1 aliphatic heterocycles. The number of furan rings is 1. The van der Waals surface area contributed by atoms with Gasteiger partial charge in [0.05, 0.1) is 12.8 Å². The number of aryl methyl sites for hydroxylation is 1. The quantitative estimate of drug-likeness (QED) is 0.338. The summed E-state index contributed by atoms with van der Waals surface area (Å²) in [5.41, 5.74) is -1.11. The minimum Gasteiger partial charge on any atom is -0.466 e. The van der Waals surface area contributed by atoms with Crippen molar-refractivity contribution in [2.75, 3.05) is 13.6 Å². The third-order valence-corrected chi connectivity index (χ3v) is 4.71. The van der Waals surface area contributed by atoms with E-state index in [-0.39, 0.29) is 30.0 Å². The molecule has 0 aliphatic carbocycles. The fourth-order valence-electron chi connectivity index (χ4n) is 3.21. The Kier molecular flexibility index (Phi) is 7.26. The van der Waals surface area contributed by atoms with E-state index in [0.29, 0.717) is 24.2 Å². The van der Waals surface area contributed by atoms with Gasteiger partial charge in [-0.2, -0.15) is 0 Å². The van der Waals surface area contributed by atoms with Crippen molar-refractivity contribution in [2.45, 2.75) is 57.7 Å². The van der Waals surface area contributed by atoms with Crippen LogP contribution in [0, 0.1) is 0 Å². The molecule has 3 N–H and O–H groups in total. The van der Waals surface area contributed by atoms with Gasteiger partial charge in [0.15, 0.2) is 5.96 Å². The maximum absolute atomic E-state index is 10.6. The minimum absolute atomic E-state index is 0. The summed E-state index contributed by atoms with van der Waals surface area (Å²) in [4.78, 5) is 4.28. The molecule has 2 atom stereocenters. The van der Waals surface area contributed by atoms with Crippen molar-refractivity contribution in [3.8, 4) is 0 Å². The lowest BCUT2D eigenvalue weighted by molar-refractivity contribution is 0.0385. The van der Waals surface area contributed by atoms with Crippen LogP contribution in [0.2, 0.25) is 0 Å². The van der Waals surface area contributed by atoms with Crippen LogP contribution in [-0.4, -0.2) is 45.5 Å². The molecule has 2 aromatic rings. The summed E-state index contributed by atoms with van der Waals surface area (Å²) in [6.45, 7) is 7.08. The van der Waals surface area contributed by atoms with Gasteiger partial charge in [0.1, 0.15) is 23.0 Å². The number of aliphatic imine (C=N–C) groups is 1. The molecule has 2 unspecified atom stereocenters. The maximum Gasteiger partial charge on any atom is 0.191 e. The number of hydrogen-bond donors (Lipinski definition) is 3. The lowest BCUT2D eigenvalue weighted by Gasteiger charge is -2.28. The van der Waals surface area contributed by atoms with Crippen LogP contribution in [0.5, 0.6) is 0 Å². The van der Waals surface area contributed by atoms with Gasteiger partial charge in [0.25, 0.3) is 0 Å². The van der Waals surface area contributed by atoms with Crippen LogP contribution >= 0.6 is 24.0 Å². The summed E-state index contributed by atoms with van der Waals surface area (Å²) in [6, 6.07) is 3.76. The Morgan fingerprint density at radius 3 is 2.89 bits per heavy atom. The molecule has 0 radical (unpaired) electrons. The number of hydrogen-bond acceptors (Lipinski definition) is 5. The average molecular weight is 488 g/mol. The molecule has 150 valence electrons. The van der Waals surface area contributed by atoms with Gasteiger partial charge in [0.2, 0.25) is 0 Å². The smallest absolute Gasteiger partial charge is 0.191 e. The summed E-state index contributed by atoms with van der Waals surface area (Å²) in [6.07, 6.45) is 3.41. The monoisotopic (exact) mass is 488 g/mol. The first-order chi connectivity index (χ1) is 12.4. The summed E-state index contributed by atoms with van der Waals surface area (Å²) in [5, 5.41) is 25.8. The first kappa shape index (κ1) is 21.7. The molecule has 2 aromatic heterocycles. The number of aromatic nitrogens is 3. The number of nitrogens with one attached hydrogen (secondary N) is 2. The molecule has 0 fully saturated rings. The predicted octanol–water partition coefficient (Wildman–Crippen LogP) is 2.00. The third-order valence-electron chi connectivity index (χ3n) is 4.71. The summed E-state index contributed by atoms with van der Waals surface area (Å²) in [5.74, 6) is 3.60. The van der Waals surface area contributed by atoms with Gasteiger partial charge >= 0.3 is 0 Å². The van der Waals surface area contributed by atoms with E-state index >= 15 is 0 Å². The normalized spacial score (nSPS) is 19.2. The molecule has 1 aliphatic rings. The molecule has 0 saturated heterocycles. The fourth-order valence-corrected chi connectivity index (χ4v) is 3.21. The second kappa shape index (κ2) is 9.05. The number of nitrogens with zero attached hydrogens (tertiary/aromatic N) is 4. The SMILES string of the molecule is CN=C(NCC(C)(O)c1ccco1)NC1CCc2nnc(C(C)C)n2C1.I. The second-order valence-corrected chi connectivity index (χ2v) is 7.30. The molecular formula is C18H29IN6O2. The molecule has 0 spiro atoms. The first-order valence-corrected chi connectivity index (χ1v) is 9.06. The van der Waals surface area contributed by atoms with Gasteiger partial charge < -0.3 is 24.7 Å². The summed E-state index contributed by atoms with van der Waals surface area (Å²) >= 11 is 0. The number of rotatable bonds is 5. The van der Waals surface area contributed by atoms with E-state index < -0.39 is 5.60 Å². The lowest BCUT2D eigenvalue weighted by Crippen LogP contribution is -2.50.